The van der Waals surface area contributed by atoms with E-state index in [1.165, 1.54) is 11.1 Å². The first-order chi connectivity index (χ1) is 14.3. The lowest BCUT2D eigenvalue weighted by molar-refractivity contribution is -0.115. The Morgan fingerprint density at radius 1 is 0.903 bits per heavy atom. The minimum atomic E-state index is -0.398. The molecule has 3 rings (SSSR count). The van der Waals surface area contributed by atoms with Crippen molar-refractivity contribution in [3.63, 3.8) is 0 Å². The fourth-order valence-electron chi connectivity index (χ4n) is 3.07. The highest BCUT2D eigenvalue weighted by molar-refractivity contribution is 8.18. The van der Waals surface area contributed by atoms with Crippen LogP contribution in [0.25, 0.3) is 6.08 Å². The number of hydrogen-bond donors (Lipinski definition) is 2. The molecule has 0 unspecified atom stereocenters. The first kappa shape index (κ1) is 22.8. The molecule has 0 radical (unpaired) electrons. The third-order valence-corrected chi connectivity index (χ3v) is 5.85. The van der Waals surface area contributed by atoms with Crippen molar-refractivity contribution in [3.05, 3.63) is 69.6 Å². The van der Waals surface area contributed by atoms with Crippen molar-refractivity contribution in [2.75, 3.05) is 5.32 Å². The zero-order valence-corrected chi connectivity index (χ0v) is 19.6. The van der Waals surface area contributed by atoms with E-state index >= 15 is 0 Å². The van der Waals surface area contributed by atoms with E-state index in [0.29, 0.717) is 10.5 Å². The molecule has 1 aliphatic heterocycles. The molecule has 0 spiro atoms. The molecule has 1 aliphatic rings. The molecule has 0 saturated carbocycles. The van der Waals surface area contributed by atoms with Crippen LogP contribution < -0.4 is 10.6 Å². The van der Waals surface area contributed by atoms with Crippen LogP contribution in [0, 0.1) is 0 Å². The Labute approximate surface area is 187 Å². The van der Waals surface area contributed by atoms with Gasteiger partial charge in [0.1, 0.15) is 0 Å². The summed E-state index contributed by atoms with van der Waals surface area (Å²) in [5, 5.41) is 4.87. The van der Waals surface area contributed by atoms with Gasteiger partial charge in [-0.2, -0.15) is 0 Å². The molecular weight excluding hydrogens is 408 g/mol. The van der Waals surface area contributed by atoms with Crippen LogP contribution >= 0.6 is 11.8 Å². The minimum absolute atomic E-state index is 0.0399. The number of thioether (sulfide) groups is 1. The Morgan fingerprint density at radius 3 is 1.90 bits per heavy atom. The number of carbonyl (C=O) groups is 3. The van der Waals surface area contributed by atoms with Gasteiger partial charge in [0.15, 0.2) is 0 Å². The van der Waals surface area contributed by atoms with Gasteiger partial charge in [-0.15, -0.1) is 0 Å². The van der Waals surface area contributed by atoms with Gasteiger partial charge in [-0.25, -0.2) is 0 Å². The summed E-state index contributed by atoms with van der Waals surface area (Å²) in [6.45, 7) is 12.9. The normalized spacial score (nSPS) is 15.9. The van der Waals surface area contributed by atoms with Gasteiger partial charge < -0.3 is 5.32 Å². The first-order valence-corrected chi connectivity index (χ1v) is 11.0. The molecule has 3 amide bonds. The lowest BCUT2D eigenvalue weighted by atomic mass is 9.80. The summed E-state index contributed by atoms with van der Waals surface area (Å²) in [4.78, 5) is 36.1. The first-order valence-electron chi connectivity index (χ1n) is 10.2. The third-order valence-electron chi connectivity index (χ3n) is 5.04. The molecule has 1 saturated heterocycles. The van der Waals surface area contributed by atoms with Crippen LogP contribution in [0.4, 0.5) is 10.5 Å². The molecule has 1 fully saturated rings. The van der Waals surface area contributed by atoms with E-state index in [0.717, 1.165) is 23.0 Å². The lowest BCUT2D eigenvalue weighted by Crippen LogP contribution is -2.19. The number of rotatable bonds is 3. The molecule has 2 aromatic carbocycles. The van der Waals surface area contributed by atoms with Gasteiger partial charge in [-0.1, -0.05) is 59.7 Å². The van der Waals surface area contributed by atoms with Crippen molar-refractivity contribution >= 4 is 40.6 Å². The van der Waals surface area contributed by atoms with Gasteiger partial charge in [0.25, 0.3) is 17.1 Å². The number of hydrogen-bond acceptors (Lipinski definition) is 4. The maximum atomic E-state index is 12.8. The van der Waals surface area contributed by atoms with E-state index in [4.69, 9.17) is 0 Å². The van der Waals surface area contributed by atoms with Crippen molar-refractivity contribution in [1.29, 1.82) is 0 Å². The molecule has 5 nitrogen and oxygen atoms in total. The Morgan fingerprint density at radius 2 is 1.45 bits per heavy atom. The number of nitrogens with one attached hydrogen (secondary N) is 2. The molecule has 31 heavy (non-hydrogen) atoms. The second-order valence-corrected chi connectivity index (χ2v) is 10.7. The zero-order valence-electron chi connectivity index (χ0n) is 18.8. The number of amides is 3. The fraction of sp³-hybridized carbons (Fsp3) is 0.320. The van der Waals surface area contributed by atoms with Crippen molar-refractivity contribution in [2.45, 2.75) is 52.4 Å². The van der Waals surface area contributed by atoms with E-state index in [1.807, 2.05) is 12.1 Å². The highest BCUT2D eigenvalue weighted by Crippen LogP contribution is 2.32. The fourth-order valence-corrected chi connectivity index (χ4v) is 3.75. The van der Waals surface area contributed by atoms with Crippen LogP contribution in [0.3, 0.4) is 0 Å². The number of imide groups is 1. The smallest absolute Gasteiger partial charge is 0.290 e. The number of benzene rings is 2. The molecule has 162 valence electrons. The van der Waals surface area contributed by atoms with Crippen LogP contribution in [0.15, 0.2) is 47.4 Å². The average molecular weight is 437 g/mol. The number of anilines is 1. The summed E-state index contributed by atoms with van der Waals surface area (Å²) in [6.07, 6.45) is 1.63. The van der Waals surface area contributed by atoms with Crippen LogP contribution in [0.2, 0.25) is 0 Å². The molecule has 1 heterocycles. The molecule has 0 atom stereocenters. The van der Waals surface area contributed by atoms with E-state index < -0.39 is 5.91 Å². The van der Waals surface area contributed by atoms with E-state index in [-0.39, 0.29) is 22.0 Å². The molecule has 6 heteroatoms. The third kappa shape index (κ3) is 5.64. The van der Waals surface area contributed by atoms with Gasteiger partial charge in [0.05, 0.1) is 4.91 Å². The van der Waals surface area contributed by atoms with Crippen molar-refractivity contribution < 1.29 is 14.4 Å². The largest absolute Gasteiger partial charge is 0.322 e. The monoisotopic (exact) mass is 436 g/mol. The van der Waals surface area contributed by atoms with Crippen LogP contribution in [-0.4, -0.2) is 17.1 Å². The van der Waals surface area contributed by atoms with Crippen LogP contribution in [0.1, 0.15) is 68.6 Å². The van der Waals surface area contributed by atoms with Crippen LogP contribution in [-0.2, 0) is 15.6 Å². The topological polar surface area (TPSA) is 75.3 Å². The van der Waals surface area contributed by atoms with Gasteiger partial charge in [0, 0.05) is 11.3 Å². The standard InChI is InChI=1S/C25H28N2O3S/c1-24(2,3)17-12-18(25(4,5)6)14-19(13-17)26-21(28)16-9-7-15(8-10-16)11-20-22(29)27-23(30)31-20/h7-14H,1-6H3,(H,26,28)(H,27,29,30)/b20-11-. The quantitative estimate of drug-likeness (QED) is 0.591. The highest BCUT2D eigenvalue weighted by Gasteiger charge is 2.25. The maximum absolute atomic E-state index is 12.8. The average Bonchev–Trinajstić information content (AvgIpc) is 2.97. The van der Waals surface area contributed by atoms with Crippen molar-refractivity contribution in [1.82, 2.24) is 5.32 Å². The maximum Gasteiger partial charge on any atom is 0.290 e. The summed E-state index contributed by atoms with van der Waals surface area (Å²) < 4.78 is 0. The summed E-state index contributed by atoms with van der Waals surface area (Å²) in [6, 6.07) is 13.2. The molecule has 2 N–H and O–H groups in total. The van der Waals surface area contributed by atoms with Gasteiger partial charge in [-0.05, 0) is 69.6 Å². The summed E-state index contributed by atoms with van der Waals surface area (Å²) in [5.41, 5.74) is 4.28. The summed E-state index contributed by atoms with van der Waals surface area (Å²) in [7, 11) is 0. The van der Waals surface area contributed by atoms with Gasteiger partial charge in [0.2, 0.25) is 0 Å². The second-order valence-electron chi connectivity index (χ2n) is 9.73. The highest BCUT2D eigenvalue weighted by atomic mass is 32.2. The minimum Gasteiger partial charge on any atom is -0.322 e. The second kappa shape index (κ2) is 8.35. The molecular formula is C25H28N2O3S. The summed E-state index contributed by atoms with van der Waals surface area (Å²) >= 11 is 0.869. The van der Waals surface area contributed by atoms with E-state index in [1.54, 1.807) is 30.3 Å². The SMILES string of the molecule is CC(C)(C)c1cc(NC(=O)c2ccc(/C=C3\SC(=O)NC3=O)cc2)cc(C(C)(C)C)c1. The van der Waals surface area contributed by atoms with E-state index in [9.17, 15) is 14.4 Å². The lowest BCUT2D eigenvalue weighted by Gasteiger charge is -2.26. The number of carbonyl (C=O) groups excluding carboxylic acids is 3. The predicted molar refractivity (Wildman–Crippen MR) is 127 cm³/mol. The Balaban J connectivity index is 1.82. The van der Waals surface area contributed by atoms with Gasteiger partial charge in [-0.3, -0.25) is 19.7 Å². The van der Waals surface area contributed by atoms with E-state index in [2.05, 4.69) is 58.2 Å². The molecule has 0 bridgehead atoms. The summed E-state index contributed by atoms with van der Waals surface area (Å²) in [5.74, 6) is -0.599. The Bertz CT molecular complexity index is 1040. The zero-order chi connectivity index (χ0) is 23.0. The molecule has 2 aromatic rings. The Hall–Kier alpha value is -2.86. The molecule has 0 aliphatic carbocycles. The molecule has 0 aromatic heterocycles. The Kier molecular flexibility index (Phi) is 6.14. The predicted octanol–water partition coefficient (Wildman–Crippen LogP) is 5.86. The van der Waals surface area contributed by atoms with Gasteiger partial charge >= 0.3 is 0 Å². The van der Waals surface area contributed by atoms with Crippen molar-refractivity contribution in [2.24, 2.45) is 0 Å². The van der Waals surface area contributed by atoms with Crippen molar-refractivity contribution in [3.8, 4) is 0 Å². The van der Waals surface area contributed by atoms with Crippen LogP contribution in [0.5, 0.6) is 0 Å².